The number of nitrogens with zero attached hydrogens (tertiary/aromatic N) is 1. The van der Waals surface area contributed by atoms with E-state index in [4.69, 9.17) is 4.74 Å². The largest absolute Gasteiger partial charge is 0.494 e. The van der Waals surface area contributed by atoms with Crippen LogP contribution in [0.25, 0.3) is 0 Å². The van der Waals surface area contributed by atoms with Crippen LogP contribution in [0.5, 0.6) is 5.75 Å². The lowest BCUT2D eigenvalue weighted by Crippen LogP contribution is -2.38. The second kappa shape index (κ2) is 8.89. The summed E-state index contributed by atoms with van der Waals surface area (Å²) in [6.45, 7) is 3.66. The van der Waals surface area contributed by atoms with E-state index in [0.717, 1.165) is 37.2 Å². The van der Waals surface area contributed by atoms with Gasteiger partial charge >= 0.3 is 0 Å². The van der Waals surface area contributed by atoms with Gasteiger partial charge in [0.05, 0.1) is 19.3 Å². The fraction of sp³-hybridized carbons (Fsp3) is 0.611. The number of aliphatic hydroxyl groups excluding tert-OH is 1. The molecule has 2 rings (SSSR count). The van der Waals surface area contributed by atoms with Crippen molar-refractivity contribution >= 4 is 11.6 Å². The van der Waals surface area contributed by atoms with Gasteiger partial charge in [-0.05, 0) is 57.0 Å². The van der Waals surface area contributed by atoms with E-state index in [2.05, 4.69) is 5.32 Å². The quantitative estimate of drug-likeness (QED) is 0.810. The zero-order valence-corrected chi connectivity index (χ0v) is 14.1. The Morgan fingerprint density at radius 2 is 2.00 bits per heavy atom. The molecule has 0 heterocycles. The zero-order valence-electron chi connectivity index (χ0n) is 14.1. The number of anilines is 1. The second-order valence-electron chi connectivity index (χ2n) is 6.31. The molecule has 23 heavy (non-hydrogen) atoms. The lowest BCUT2D eigenvalue weighted by Gasteiger charge is -2.30. The van der Waals surface area contributed by atoms with Gasteiger partial charge in [-0.15, -0.1) is 0 Å². The monoisotopic (exact) mass is 320 g/mol. The fourth-order valence-corrected chi connectivity index (χ4v) is 3.11. The number of likely N-dealkylation sites (N-methyl/N-ethyl adjacent to an activating group) is 1. The van der Waals surface area contributed by atoms with Crippen LogP contribution < -0.4 is 10.1 Å². The molecule has 0 saturated heterocycles. The number of hydrogen-bond donors (Lipinski definition) is 2. The third-order valence-electron chi connectivity index (χ3n) is 4.28. The van der Waals surface area contributed by atoms with Crippen LogP contribution in [0.2, 0.25) is 0 Å². The molecule has 128 valence electrons. The van der Waals surface area contributed by atoms with Gasteiger partial charge in [-0.1, -0.05) is 12.8 Å². The van der Waals surface area contributed by atoms with Crippen LogP contribution in [0.1, 0.15) is 32.6 Å². The van der Waals surface area contributed by atoms with Crippen molar-refractivity contribution in [1.82, 2.24) is 4.90 Å². The van der Waals surface area contributed by atoms with Crippen LogP contribution in [0.4, 0.5) is 5.69 Å². The summed E-state index contributed by atoms with van der Waals surface area (Å²) in [6.07, 6.45) is 4.00. The Labute approximate surface area is 138 Å². The Morgan fingerprint density at radius 3 is 2.65 bits per heavy atom. The molecule has 1 aliphatic carbocycles. The summed E-state index contributed by atoms with van der Waals surface area (Å²) in [5.74, 6) is 1.04. The highest BCUT2D eigenvalue weighted by molar-refractivity contribution is 5.92. The van der Waals surface area contributed by atoms with E-state index in [1.807, 2.05) is 43.1 Å². The minimum Gasteiger partial charge on any atom is -0.494 e. The summed E-state index contributed by atoms with van der Waals surface area (Å²) >= 11 is 0. The minimum absolute atomic E-state index is 0.0399. The molecule has 0 spiro atoms. The van der Waals surface area contributed by atoms with Gasteiger partial charge in [0.25, 0.3) is 0 Å². The number of carbonyl (C=O) groups excluding carboxylic acids is 1. The van der Waals surface area contributed by atoms with Crippen molar-refractivity contribution in [1.29, 1.82) is 0 Å². The molecule has 1 aromatic rings. The van der Waals surface area contributed by atoms with E-state index in [-0.39, 0.29) is 17.9 Å². The third kappa shape index (κ3) is 5.84. The Kier molecular flexibility index (Phi) is 6.86. The van der Waals surface area contributed by atoms with Crippen LogP contribution in [0, 0.1) is 5.92 Å². The molecule has 0 radical (unpaired) electrons. The summed E-state index contributed by atoms with van der Waals surface area (Å²) in [7, 11) is 1.93. The molecule has 1 fully saturated rings. The predicted molar refractivity (Wildman–Crippen MR) is 91.7 cm³/mol. The number of rotatable bonds is 7. The van der Waals surface area contributed by atoms with E-state index in [9.17, 15) is 9.90 Å². The average molecular weight is 320 g/mol. The Hall–Kier alpha value is -1.59. The normalized spacial score (nSPS) is 21.2. The van der Waals surface area contributed by atoms with Crippen LogP contribution in [-0.4, -0.2) is 48.8 Å². The zero-order chi connectivity index (χ0) is 16.7. The molecule has 2 N–H and O–H groups in total. The summed E-state index contributed by atoms with van der Waals surface area (Å²) in [6, 6.07) is 7.38. The van der Waals surface area contributed by atoms with Crippen LogP contribution in [0.3, 0.4) is 0 Å². The Morgan fingerprint density at radius 1 is 1.30 bits per heavy atom. The van der Waals surface area contributed by atoms with Crippen molar-refractivity contribution in [2.24, 2.45) is 5.92 Å². The first-order chi connectivity index (χ1) is 11.1. The highest BCUT2D eigenvalue weighted by Gasteiger charge is 2.24. The van der Waals surface area contributed by atoms with Crippen molar-refractivity contribution in [2.45, 2.75) is 38.7 Å². The molecule has 0 aliphatic heterocycles. The van der Waals surface area contributed by atoms with Gasteiger partial charge in [-0.25, -0.2) is 0 Å². The van der Waals surface area contributed by atoms with Gasteiger partial charge in [0, 0.05) is 12.2 Å². The topological polar surface area (TPSA) is 61.8 Å². The molecule has 1 aliphatic rings. The van der Waals surface area contributed by atoms with E-state index in [0.29, 0.717) is 13.2 Å². The second-order valence-corrected chi connectivity index (χ2v) is 6.31. The summed E-state index contributed by atoms with van der Waals surface area (Å²) in [5, 5.41) is 12.9. The number of benzene rings is 1. The number of nitrogens with one attached hydrogen (secondary N) is 1. The highest BCUT2D eigenvalue weighted by atomic mass is 16.5. The summed E-state index contributed by atoms with van der Waals surface area (Å²) in [5.41, 5.74) is 0.768. The molecular weight excluding hydrogens is 292 g/mol. The van der Waals surface area contributed by atoms with E-state index < -0.39 is 0 Å². The summed E-state index contributed by atoms with van der Waals surface area (Å²) in [4.78, 5) is 14.1. The van der Waals surface area contributed by atoms with Crippen molar-refractivity contribution in [3.8, 4) is 5.75 Å². The number of amides is 1. The molecule has 0 bridgehead atoms. The van der Waals surface area contributed by atoms with Crippen LogP contribution >= 0.6 is 0 Å². The first-order valence-electron chi connectivity index (χ1n) is 8.47. The van der Waals surface area contributed by atoms with Crippen LogP contribution in [0.15, 0.2) is 24.3 Å². The van der Waals surface area contributed by atoms with Gasteiger partial charge in [0.1, 0.15) is 5.75 Å². The minimum atomic E-state index is -0.222. The van der Waals surface area contributed by atoms with Gasteiger partial charge < -0.3 is 15.2 Å². The number of hydrogen-bond acceptors (Lipinski definition) is 4. The first kappa shape index (κ1) is 17.8. The van der Waals surface area contributed by atoms with Crippen molar-refractivity contribution in [3.63, 3.8) is 0 Å². The average Bonchev–Trinajstić information content (AvgIpc) is 2.51. The maximum atomic E-state index is 12.1. The molecule has 5 heteroatoms. The SMILES string of the molecule is CCOc1ccc(NC(=O)CN(C)CC2CCCCC2O)cc1. The molecule has 2 atom stereocenters. The molecule has 1 amide bonds. The standard InChI is InChI=1S/C18H28N2O3/c1-3-23-16-10-8-15(9-11-16)19-18(22)13-20(2)12-14-6-4-5-7-17(14)21/h8-11,14,17,21H,3-7,12-13H2,1-2H3,(H,19,22). The molecule has 5 nitrogen and oxygen atoms in total. The third-order valence-corrected chi connectivity index (χ3v) is 4.28. The lowest BCUT2D eigenvalue weighted by atomic mass is 9.86. The Balaban J connectivity index is 1.77. The summed E-state index contributed by atoms with van der Waals surface area (Å²) < 4.78 is 5.38. The highest BCUT2D eigenvalue weighted by Crippen LogP contribution is 2.24. The fourth-order valence-electron chi connectivity index (χ4n) is 3.11. The van der Waals surface area contributed by atoms with Gasteiger partial charge in [0.15, 0.2) is 0 Å². The lowest BCUT2D eigenvalue weighted by molar-refractivity contribution is -0.117. The molecule has 1 saturated carbocycles. The van der Waals surface area contributed by atoms with E-state index in [1.165, 1.54) is 6.42 Å². The maximum Gasteiger partial charge on any atom is 0.238 e. The van der Waals surface area contributed by atoms with Gasteiger partial charge in [-0.2, -0.15) is 0 Å². The molecule has 2 unspecified atom stereocenters. The Bertz CT molecular complexity index is 490. The maximum absolute atomic E-state index is 12.1. The first-order valence-corrected chi connectivity index (χ1v) is 8.47. The molecule has 1 aromatic carbocycles. The predicted octanol–water partition coefficient (Wildman–Crippen LogP) is 2.51. The van der Waals surface area contributed by atoms with Crippen molar-refractivity contribution in [2.75, 3.05) is 32.1 Å². The molecular formula is C18H28N2O3. The van der Waals surface area contributed by atoms with E-state index >= 15 is 0 Å². The van der Waals surface area contributed by atoms with Gasteiger partial charge in [-0.3, -0.25) is 9.69 Å². The smallest absolute Gasteiger partial charge is 0.238 e. The van der Waals surface area contributed by atoms with Crippen molar-refractivity contribution < 1.29 is 14.6 Å². The van der Waals surface area contributed by atoms with Crippen LogP contribution in [-0.2, 0) is 4.79 Å². The number of aliphatic hydroxyl groups is 1. The van der Waals surface area contributed by atoms with Gasteiger partial charge in [0.2, 0.25) is 5.91 Å². The number of carbonyl (C=O) groups is 1. The van der Waals surface area contributed by atoms with E-state index in [1.54, 1.807) is 0 Å². The number of ether oxygens (including phenoxy) is 1. The molecule has 0 aromatic heterocycles. The van der Waals surface area contributed by atoms with Crippen molar-refractivity contribution in [3.05, 3.63) is 24.3 Å².